The Morgan fingerprint density at radius 2 is 1.97 bits per heavy atom. The molecule has 1 amide bonds. The molecule has 0 saturated heterocycles. The summed E-state index contributed by atoms with van der Waals surface area (Å²) < 4.78 is 11.6. The zero-order valence-corrected chi connectivity index (χ0v) is 19.1. The van der Waals surface area contributed by atoms with Gasteiger partial charge in [-0.15, -0.1) is 0 Å². The van der Waals surface area contributed by atoms with E-state index in [-0.39, 0.29) is 16.5 Å². The van der Waals surface area contributed by atoms with E-state index in [0.29, 0.717) is 29.5 Å². The highest BCUT2D eigenvalue weighted by atomic mass is 79.9. The van der Waals surface area contributed by atoms with Crippen molar-refractivity contribution in [3.63, 3.8) is 0 Å². The Morgan fingerprint density at radius 3 is 2.60 bits per heavy atom. The largest absolute Gasteiger partial charge is 0.494 e. The van der Waals surface area contributed by atoms with Gasteiger partial charge in [0.1, 0.15) is 11.5 Å². The highest BCUT2D eigenvalue weighted by Gasteiger charge is 2.17. The third kappa shape index (κ3) is 6.67. The van der Waals surface area contributed by atoms with Crippen LogP contribution in [-0.4, -0.2) is 29.7 Å². The zero-order valence-electron chi connectivity index (χ0n) is 16.7. The van der Waals surface area contributed by atoms with E-state index in [1.807, 2.05) is 0 Å². The van der Waals surface area contributed by atoms with Gasteiger partial charge in [0.2, 0.25) is 0 Å². The topological polar surface area (TPSA) is 103 Å². The van der Waals surface area contributed by atoms with Crippen molar-refractivity contribution in [3.05, 3.63) is 56.5 Å². The molecule has 160 valence electrons. The van der Waals surface area contributed by atoms with Gasteiger partial charge >= 0.3 is 0 Å². The number of carbonyl (C=O) groups is 1. The van der Waals surface area contributed by atoms with E-state index in [9.17, 15) is 14.9 Å². The number of thiocarbonyl (C=S) groups is 1. The first-order valence-corrected chi connectivity index (χ1v) is 10.3. The monoisotopic (exact) mass is 495 g/mol. The number of anilines is 1. The van der Waals surface area contributed by atoms with Gasteiger partial charge in [-0.05, 0) is 48.8 Å². The molecule has 0 radical (unpaired) electrons. The van der Waals surface area contributed by atoms with Crippen LogP contribution in [0.15, 0.2) is 40.9 Å². The molecule has 30 heavy (non-hydrogen) atoms. The van der Waals surface area contributed by atoms with E-state index in [1.54, 1.807) is 18.2 Å². The summed E-state index contributed by atoms with van der Waals surface area (Å²) in [6.45, 7) is 4.67. The van der Waals surface area contributed by atoms with E-state index < -0.39 is 10.8 Å². The minimum absolute atomic E-state index is 0.0141. The molecule has 10 heteroatoms. The van der Waals surface area contributed by atoms with E-state index in [2.05, 4.69) is 40.4 Å². The van der Waals surface area contributed by atoms with Gasteiger partial charge in [0, 0.05) is 10.5 Å². The number of amides is 1. The minimum Gasteiger partial charge on any atom is -0.494 e. The molecule has 2 rings (SSSR count). The Hall–Kier alpha value is -2.72. The molecule has 0 aliphatic rings. The molecule has 0 saturated carbocycles. The molecule has 2 aromatic rings. The summed E-state index contributed by atoms with van der Waals surface area (Å²) in [5.74, 6) is 0.702. The molecule has 0 atom stereocenters. The van der Waals surface area contributed by atoms with Gasteiger partial charge in [-0.3, -0.25) is 20.2 Å². The zero-order chi connectivity index (χ0) is 22.3. The van der Waals surface area contributed by atoms with Crippen LogP contribution in [0.3, 0.4) is 0 Å². The molecule has 0 aliphatic carbocycles. The van der Waals surface area contributed by atoms with Crippen molar-refractivity contribution >= 4 is 50.5 Å². The first-order valence-electron chi connectivity index (χ1n) is 9.08. The number of carbonyl (C=O) groups excluding carboxylic acids is 1. The number of hydrogen-bond donors (Lipinski definition) is 2. The summed E-state index contributed by atoms with van der Waals surface area (Å²) in [6, 6.07) is 9.19. The second-order valence-corrected chi connectivity index (χ2v) is 8.05. The van der Waals surface area contributed by atoms with Gasteiger partial charge in [0.25, 0.3) is 11.6 Å². The van der Waals surface area contributed by atoms with Crippen molar-refractivity contribution in [2.75, 3.05) is 19.0 Å². The number of nitrogens with zero attached hydrogens (tertiary/aromatic N) is 1. The second-order valence-electron chi connectivity index (χ2n) is 6.72. The summed E-state index contributed by atoms with van der Waals surface area (Å²) in [5.41, 5.74) is 0.591. The quantitative estimate of drug-likeness (QED) is 0.304. The number of ether oxygens (including phenoxy) is 2. The van der Waals surface area contributed by atoms with Crippen molar-refractivity contribution in [2.45, 2.75) is 20.3 Å². The predicted octanol–water partition coefficient (Wildman–Crippen LogP) is 4.92. The number of nitrogens with one attached hydrogen (secondary N) is 2. The van der Waals surface area contributed by atoms with Gasteiger partial charge in [0.15, 0.2) is 5.11 Å². The lowest BCUT2D eigenvalue weighted by Crippen LogP contribution is -2.34. The van der Waals surface area contributed by atoms with Crippen LogP contribution in [0, 0.1) is 16.0 Å². The van der Waals surface area contributed by atoms with E-state index in [1.165, 1.54) is 25.3 Å². The maximum atomic E-state index is 12.8. The average molecular weight is 496 g/mol. The lowest BCUT2D eigenvalue weighted by Gasteiger charge is -2.15. The van der Waals surface area contributed by atoms with Gasteiger partial charge in [-0.1, -0.05) is 29.8 Å². The van der Waals surface area contributed by atoms with Crippen LogP contribution in [0.5, 0.6) is 11.5 Å². The lowest BCUT2D eigenvalue weighted by atomic mass is 10.1. The molecule has 0 fully saturated rings. The SMILES string of the molecule is COc1cc([N+](=O)[O-])ccc1NC(=S)NC(=O)c1cc(Br)ccc1OCCC(C)C. The van der Waals surface area contributed by atoms with E-state index >= 15 is 0 Å². The standard InChI is InChI=1S/C20H22BrN3O5S/c1-12(2)8-9-29-17-7-4-13(21)10-15(17)19(25)23-20(30)22-16-6-5-14(24(26)27)11-18(16)28-3/h4-7,10-12H,8-9H2,1-3H3,(H2,22,23,25,30). The van der Waals surface area contributed by atoms with Crippen molar-refractivity contribution in [1.82, 2.24) is 5.32 Å². The molecule has 2 N–H and O–H groups in total. The molecule has 8 nitrogen and oxygen atoms in total. The second kappa shape index (κ2) is 10.9. The smallest absolute Gasteiger partial charge is 0.273 e. The van der Waals surface area contributed by atoms with Crippen LogP contribution >= 0.6 is 28.1 Å². The fraction of sp³-hybridized carbons (Fsp3) is 0.300. The molecular weight excluding hydrogens is 474 g/mol. The van der Waals surface area contributed by atoms with Crippen LogP contribution < -0.4 is 20.1 Å². The summed E-state index contributed by atoms with van der Waals surface area (Å²) in [7, 11) is 1.38. The lowest BCUT2D eigenvalue weighted by molar-refractivity contribution is -0.384. The fourth-order valence-corrected chi connectivity index (χ4v) is 2.99. The van der Waals surface area contributed by atoms with Gasteiger partial charge in [-0.2, -0.15) is 0 Å². The number of benzene rings is 2. The number of rotatable bonds is 8. The van der Waals surface area contributed by atoms with E-state index in [4.69, 9.17) is 21.7 Å². The Kier molecular flexibility index (Phi) is 8.55. The van der Waals surface area contributed by atoms with Crippen molar-refractivity contribution in [1.29, 1.82) is 0 Å². The maximum absolute atomic E-state index is 12.8. The summed E-state index contributed by atoms with van der Waals surface area (Å²) >= 11 is 8.57. The van der Waals surface area contributed by atoms with Crippen molar-refractivity contribution in [3.8, 4) is 11.5 Å². The number of hydrogen-bond acceptors (Lipinski definition) is 6. The van der Waals surface area contributed by atoms with Crippen LogP contribution in [0.1, 0.15) is 30.6 Å². The molecule has 0 aliphatic heterocycles. The van der Waals surface area contributed by atoms with Crippen LogP contribution in [0.2, 0.25) is 0 Å². The normalized spacial score (nSPS) is 10.4. The average Bonchev–Trinajstić information content (AvgIpc) is 2.68. The number of non-ortho nitro benzene ring substituents is 1. The molecule has 2 aromatic carbocycles. The Labute approximate surface area is 188 Å². The first kappa shape index (κ1) is 23.6. The van der Waals surface area contributed by atoms with Crippen molar-refractivity contribution < 1.29 is 19.2 Å². The summed E-state index contributed by atoms with van der Waals surface area (Å²) in [6.07, 6.45) is 0.858. The maximum Gasteiger partial charge on any atom is 0.273 e. The summed E-state index contributed by atoms with van der Waals surface area (Å²) in [5, 5.41) is 16.3. The Morgan fingerprint density at radius 1 is 1.23 bits per heavy atom. The third-order valence-electron chi connectivity index (χ3n) is 4.01. The Balaban J connectivity index is 2.11. The van der Waals surface area contributed by atoms with Crippen LogP contribution in [0.4, 0.5) is 11.4 Å². The van der Waals surface area contributed by atoms with Crippen LogP contribution in [0.25, 0.3) is 0 Å². The molecule has 0 aromatic heterocycles. The predicted molar refractivity (Wildman–Crippen MR) is 122 cm³/mol. The molecule has 0 heterocycles. The molecule has 0 bridgehead atoms. The van der Waals surface area contributed by atoms with Gasteiger partial charge in [0.05, 0.1) is 36.0 Å². The van der Waals surface area contributed by atoms with Crippen molar-refractivity contribution in [2.24, 2.45) is 5.92 Å². The number of nitro benzene ring substituents is 1. The molecule has 0 unspecified atom stereocenters. The highest BCUT2D eigenvalue weighted by Crippen LogP contribution is 2.29. The fourth-order valence-electron chi connectivity index (χ4n) is 2.43. The Bertz CT molecular complexity index is 952. The molecule has 0 spiro atoms. The first-order chi connectivity index (χ1) is 14.2. The van der Waals surface area contributed by atoms with Gasteiger partial charge < -0.3 is 14.8 Å². The number of nitro groups is 1. The van der Waals surface area contributed by atoms with Gasteiger partial charge in [-0.25, -0.2) is 0 Å². The minimum atomic E-state index is -0.527. The highest BCUT2D eigenvalue weighted by molar-refractivity contribution is 9.10. The number of halogens is 1. The van der Waals surface area contributed by atoms with E-state index in [0.717, 1.165) is 10.9 Å². The third-order valence-corrected chi connectivity index (χ3v) is 4.71. The summed E-state index contributed by atoms with van der Waals surface area (Å²) in [4.78, 5) is 23.1. The van der Waals surface area contributed by atoms with Crippen LogP contribution in [-0.2, 0) is 0 Å². The molecular formula is C20H22BrN3O5S. The number of methoxy groups -OCH3 is 1.